The van der Waals surface area contributed by atoms with Crippen molar-refractivity contribution in [2.45, 2.75) is 25.4 Å². The van der Waals surface area contributed by atoms with E-state index in [1.807, 2.05) is 41.1 Å². The number of nitrogens with zero attached hydrogens (tertiary/aromatic N) is 1. The summed E-state index contributed by atoms with van der Waals surface area (Å²) in [5, 5.41) is 13.3. The lowest BCUT2D eigenvalue weighted by Gasteiger charge is -2.34. The van der Waals surface area contributed by atoms with Gasteiger partial charge in [0.25, 0.3) is 0 Å². The van der Waals surface area contributed by atoms with Gasteiger partial charge in [0.2, 0.25) is 5.91 Å². The van der Waals surface area contributed by atoms with E-state index in [-0.39, 0.29) is 12.3 Å². The molecule has 108 valence electrons. The molecule has 1 aliphatic heterocycles. The maximum absolute atomic E-state index is 12.5. The largest absolute Gasteiger partial charge is 0.480 e. The van der Waals surface area contributed by atoms with Gasteiger partial charge in [0.1, 0.15) is 6.04 Å². The van der Waals surface area contributed by atoms with E-state index in [1.165, 1.54) is 16.2 Å². The molecule has 21 heavy (non-hydrogen) atoms. The molecule has 4 nitrogen and oxygen atoms in total. The lowest BCUT2D eigenvalue weighted by molar-refractivity contribution is -0.151. The molecule has 0 fully saturated rings. The summed E-state index contributed by atoms with van der Waals surface area (Å²) in [6.45, 7) is 0.371. The molecule has 0 saturated carbocycles. The predicted molar refractivity (Wildman–Crippen MR) is 80.1 cm³/mol. The number of aliphatic carboxylic acids is 1. The number of hydrogen-bond acceptors (Lipinski definition) is 3. The molecule has 1 aromatic carbocycles. The summed E-state index contributed by atoms with van der Waals surface area (Å²) in [7, 11) is 0. The van der Waals surface area contributed by atoms with Crippen LogP contribution in [0.3, 0.4) is 0 Å². The van der Waals surface area contributed by atoms with E-state index in [0.717, 1.165) is 16.7 Å². The van der Waals surface area contributed by atoms with E-state index in [4.69, 9.17) is 0 Å². The van der Waals surface area contributed by atoms with Crippen LogP contribution in [0.15, 0.2) is 41.1 Å². The molecule has 2 aromatic rings. The monoisotopic (exact) mass is 301 g/mol. The van der Waals surface area contributed by atoms with E-state index in [0.29, 0.717) is 13.0 Å². The Hall–Kier alpha value is -2.14. The molecule has 1 N–H and O–H groups in total. The number of amides is 1. The summed E-state index contributed by atoms with van der Waals surface area (Å²) in [4.78, 5) is 25.4. The van der Waals surface area contributed by atoms with Crippen LogP contribution in [-0.4, -0.2) is 27.9 Å². The Balaban J connectivity index is 1.85. The van der Waals surface area contributed by atoms with E-state index >= 15 is 0 Å². The SMILES string of the molecule is O=C(O)[C@@H]1Cc2ccccc2CN1C(=O)Cc1ccsc1. The minimum absolute atomic E-state index is 0.129. The van der Waals surface area contributed by atoms with Crippen LogP contribution in [0.2, 0.25) is 0 Å². The molecule has 5 heteroatoms. The van der Waals surface area contributed by atoms with E-state index in [2.05, 4.69) is 0 Å². The van der Waals surface area contributed by atoms with Crippen LogP contribution in [0.25, 0.3) is 0 Å². The summed E-state index contributed by atoms with van der Waals surface area (Å²) in [6, 6.07) is 8.84. The van der Waals surface area contributed by atoms with E-state index in [1.54, 1.807) is 0 Å². The molecule has 2 heterocycles. The van der Waals surface area contributed by atoms with Gasteiger partial charge in [-0.2, -0.15) is 11.3 Å². The van der Waals surface area contributed by atoms with Gasteiger partial charge >= 0.3 is 5.97 Å². The molecule has 0 bridgehead atoms. The Morgan fingerprint density at radius 2 is 2.00 bits per heavy atom. The lowest BCUT2D eigenvalue weighted by Crippen LogP contribution is -2.49. The average molecular weight is 301 g/mol. The fraction of sp³-hybridized carbons (Fsp3) is 0.250. The summed E-state index contributed by atoms with van der Waals surface area (Å²) in [6.07, 6.45) is 0.635. The number of rotatable bonds is 3. The first-order valence-electron chi connectivity index (χ1n) is 6.75. The number of carbonyl (C=O) groups excluding carboxylic acids is 1. The third kappa shape index (κ3) is 2.83. The van der Waals surface area contributed by atoms with Crippen LogP contribution in [0.1, 0.15) is 16.7 Å². The molecule has 3 rings (SSSR count). The molecule has 0 saturated heterocycles. The molecule has 1 aliphatic rings. The molecular formula is C16H15NO3S. The van der Waals surface area contributed by atoms with Crippen LogP contribution < -0.4 is 0 Å². The predicted octanol–water partition coefficient (Wildman–Crippen LogP) is 2.33. The second-order valence-corrected chi connectivity index (χ2v) is 5.94. The van der Waals surface area contributed by atoms with Crippen molar-refractivity contribution in [2.24, 2.45) is 0 Å². The number of carbonyl (C=O) groups is 2. The quantitative estimate of drug-likeness (QED) is 0.946. The van der Waals surface area contributed by atoms with E-state index in [9.17, 15) is 14.7 Å². The number of benzene rings is 1. The maximum Gasteiger partial charge on any atom is 0.326 e. The average Bonchev–Trinajstić information content (AvgIpc) is 2.98. The van der Waals surface area contributed by atoms with Crippen LogP contribution in [-0.2, 0) is 29.0 Å². The van der Waals surface area contributed by atoms with Gasteiger partial charge in [0.15, 0.2) is 0 Å². The van der Waals surface area contributed by atoms with Gasteiger partial charge < -0.3 is 10.0 Å². The molecule has 0 aliphatic carbocycles. The van der Waals surface area contributed by atoms with Gasteiger partial charge in [-0.1, -0.05) is 24.3 Å². The first-order valence-corrected chi connectivity index (χ1v) is 7.69. The third-order valence-corrected chi connectivity index (χ3v) is 4.52. The Kier molecular flexibility index (Phi) is 3.75. The molecular weight excluding hydrogens is 286 g/mol. The minimum atomic E-state index is -0.942. The van der Waals surface area contributed by atoms with Crippen molar-refractivity contribution >= 4 is 23.2 Å². The fourth-order valence-electron chi connectivity index (χ4n) is 2.68. The number of hydrogen-bond donors (Lipinski definition) is 1. The van der Waals surface area contributed by atoms with Gasteiger partial charge in [-0.3, -0.25) is 4.79 Å². The molecule has 0 spiro atoms. The zero-order valence-electron chi connectivity index (χ0n) is 11.4. The Morgan fingerprint density at radius 3 is 2.67 bits per heavy atom. The van der Waals surface area contributed by atoms with Crippen LogP contribution in [0.4, 0.5) is 0 Å². The highest BCUT2D eigenvalue weighted by Crippen LogP contribution is 2.24. The first kappa shape index (κ1) is 13.8. The van der Waals surface area contributed by atoms with Crippen molar-refractivity contribution in [1.82, 2.24) is 4.90 Å². The van der Waals surface area contributed by atoms with Crippen molar-refractivity contribution in [1.29, 1.82) is 0 Å². The molecule has 1 aromatic heterocycles. The zero-order valence-corrected chi connectivity index (χ0v) is 12.2. The summed E-state index contributed by atoms with van der Waals surface area (Å²) >= 11 is 1.54. The van der Waals surface area contributed by atoms with Crippen LogP contribution in [0.5, 0.6) is 0 Å². The second-order valence-electron chi connectivity index (χ2n) is 5.16. The van der Waals surface area contributed by atoms with E-state index < -0.39 is 12.0 Å². The van der Waals surface area contributed by atoms with Crippen LogP contribution in [0, 0.1) is 0 Å². The highest BCUT2D eigenvalue weighted by atomic mass is 32.1. The molecule has 1 amide bonds. The molecule has 0 unspecified atom stereocenters. The van der Waals surface area contributed by atoms with Crippen molar-refractivity contribution in [3.8, 4) is 0 Å². The Morgan fingerprint density at radius 1 is 1.24 bits per heavy atom. The van der Waals surface area contributed by atoms with Gasteiger partial charge in [-0.25, -0.2) is 4.79 Å². The lowest BCUT2D eigenvalue weighted by atomic mass is 9.93. The second kappa shape index (κ2) is 5.69. The van der Waals surface area contributed by atoms with Gasteiger partial charge in [-0.05, 0) is 33.5 Å². The highest BCUT2D eigenvalue weighted by Gasteiger charge is 2.34. The molecule has 1 atom stereocenters. The Bertz CT molecular complexity index is 666. The zero-order chi connectivity index (χ0) is 14.8. The third-order valence-electron chi connectivity index (χ3n) is 3.79. The molecule has 0 radical (unpaired) electrons. The number of fused-ring (bicyclic) bond motifs is 1. The van der Waals surface area contributed by atoms with Crippen molar-refractivity contribution < 1.29 is 14.7 Å². The van der Waals surface area contributed by atoms with Crippen LogP contribution >= 0.6 is 11.3 Å². The minimum Gasteiger partial charge on any atom is -0.480 e. The van der Waals surface area contributed by atoms with Crippen molar-refractivity contribution in [3.05, 3.63) is 57.8 Å². The summed E-state index contributed by atoms with van der Waals surface area (Å²) in [5.41, 5.74) is 2.99. The van der Waals surface area contributed by atoms with Crippen molar-refractivity contribution in [3.63, 3.8) is 0 Å². The smallest absolute Gasteiger partial charge is 0.326 e. The summed E-state index contributed by atoms with van der Waals surface area (Å²) < 4.78 is 0. The fourth-order valence-corrected chi connectivity index (χ4v) is 3.34. The highest BCUT2D eigenvalue weighted by molar-refractivity contribution is 7.08. The first-order chi connectivity index (χ1) is 10.1. The normalized spacial score (nSPS) is 17.3. The maximum atomic E-state index is 12.5. The van der Waals surface area contributed by atoms with Gasteiger partial charge in [-0.15, -0.1) is 0 Å². The number of thiophene rings is 1. The topological polar surface area (TPSA) is 57.6 Å². The van der Waals surface area contributed by atoms with Crippen molar-refractivity contribution in [2.75, 3.05) is 0 Å². The standard InChI is InChI=1S/C16H15NO3S/c18-15(7-11-5-6-21-10-11)17-9-13-4-2-1-3-12(13)8-14(17)16(19)20/h1-6,10,14H,7-9H2,(H,19,20)/t14-/m0/s1. The number of carboxylic acids is 1. The summed E-state index contributed by atoms with van der Waals surface area (Å²) in [5.74, 6) is -1.07. The van der Waals surface area contributed by atoms with Gasteiger partial charge in [0.05, 0.1) is 6.42 Å². The number of carboxylic acid groups (broad SMARTS) is 1. The Labute approximate surface area is 126 Å². The van der Waals surface area contributed by atoms with Gasteiger partial charge in [0, 0.05) is 13.0 Å².